The number of carbonyl (C=O) groups excluding carboxylic acids is 1. The van der Waals surface area contributed by atoms with E-state index in [4.69, 9.17) is 11.6 Å². The molecule has 0 aliphatic heterocycles. The molecule has 1 N–H and O–H groups in total. The fourth-order valence-electron chi connectivity index (χ4n) is 2.02. The van der Waals surface area contributed by atoms with Crippen molar-refractivity contribution in [2.75, 3.05) is 0 Å². The number of aromatic nitrogens is 1. The number of sulfone groups is 1. The highest BCUT2D eigenvalue weighted by molar-refractivity contribution is 7.92. The summed E-state index contributed by atoms with van der Waals surface area (Å²) >= 11 is 5.75. The molecule has 1 aromatic heterocycles. The van der Waals surface area contributed by atoms with Gasteiger partial charge < -0.3 is 5.32 Å². The summed E-state index contributed by atoms with van der Waals surface area (Å²) in [6, 6.07) is 8.13. The molecule has 0 spiro atoms. The van der Waals surface area contributed by atoms with E-state index in [1.807, 2.05) is 0 Å². The second kappa shape index (κ2) is 7.63. The third-order valence-corrected chi connectivity index (χ3v) is 5.98. The molecule has 140 valence electrons. The Morgan fingerprint density at radius 3 is 2.42 bits per heavy atom. The molecule has 0 saturated carbocycles. The van der Waals surface area contributed by atoms with Crippen molar-refractivity contribution in [3.8, 4) is 0 Å². The van der Waals surface area contributed by atoms with Gasteiger partial charge in [-0.2, -0.15) is 13.2 Å². The highest BCUT2D eigenvalue weighted by Crippen LogP contribution is 2.31. The SMILES string of the molecule is CC(C(=O)NCc1ncc(C(F)(F)F)cc1Cl)S(=O)(=O)c1ccccc1. The second-order valence-electron chi connectivity index (χ2n) is 5.37. The molecule has 10 heteroatoms. The minimum atomic E-state index is -4.59. The van der Waals surface area contributed by atoms with E-state index in [9.17, 15) is 26.4 Å². The van der Waals surface area contributed by atoms with Gasteiger partial charge in [-0.3, -0.25) is 9.78 Å². The summed E-state index contributed by atoms with van der Waals surface area (Å²) in [5, 5.41) is 0.658. The third kappa shape index (κ3) is 4.53. The predicted molar refractivity (Wildman–Crippen MR) is 89.2 cm³/mol. The molecule has 1 amide bonds. The van der Waals surface area contributed by atoms with Crippen LogP contribution >= 0.6 is 11.6 Å². The molecule has 2 rings (SSSR count). The molecule has 0 aliphatic rings. The Morgan fingerprint density at radius 1 is 1.27 bits per heavy atom. The number of hydrogen-bond acceptors (Lipinski definition) is 4. The maximum atomic E-state index is 12.6. The lowest BCUT2D eigenvalue weighted by Crippen LogP contribution is -2.37. The number of carbonyl (C=O) groups is 1. The topological polar surface area (TPSA) is 76.1 Å². The van der Waals surface area contributed by atoms with E-state index in [1.165, 1.54) is 31.2 Å². The lowest BCUT2D eigenvalue weighted by Gasteiger charge is -2.14. The molecule has 1 aromatic carbocycles. The molecule has 0 saturated heterocycles. The van der Waals surface area contributed by atoms with Gasteiger partial charge in [0.25, 0.3) is 0 Å². The van der Waals surface area contributed by atoms with Gasteiger partial charge in [0.1, 0.15) is 5.25 Å². The van der Waals surface area contributed by atoms with Gasteiger partial charge in [-0.25, -0.2) is 8.42 Å². The Morgan fingerprint density at radius 2 is 1.88 bits per heavy atom. The molecule has 2 aromatic rings. The molecular formula is C16H14ClF3N2O3S. The van der Waals surface area contributed by atoms with Crippen LogP contribution in [0, 0.1) is 0 Å². The van der Waals surface area contributed by atoms with Gasteiger partial charge in [0.15, 0.2) is 9.84 Å². The van der Waals surface area contributed by atoms with Crippen LogP contribution in [0.2, 0.25) is 5.02 Å². The maximum absolute atomic E-state index is 12.6. The van der Waals surface area contributed by atoms with E-state index in [-0.39, 0.29) is 22.2 Å². The summed E-state index contributed by atoms with van der Waals surface area (Å²) in [6.07, 6.45) is -3.99. The molecule has 0 radical (unpaired) electrons. The Hall–Kier alpha value is -2.13. The van der Waals surface area contributed by atoms with Crippen LogP contribution in [-0.4, -0.2) is 24.6 Å². The van der Waals surface area contributed by atoms with Crippen LogP contribution in [0.25, 0.3) is 0 Å². The molecule has 26 heavy (non-hydrogen) atoms. The summed E-state index contributed by atoms with van der Waals surface area (Å²) in [6.45, 7) is 0.921. The Labute approximate surface area is 153 Å². The van der Waals surface area contributed by atoms with E-state index in [0.717, 1.165) is 0 Å². The van der Waals surface area contributed by atoms with Crippen molar-refractivity contribution >= 4 is 27.3 Å². The number of pyridine rings is 1. The lowest BCUT2D eigenvalue weighted by atomic mass is 10.2. The van der Waals surface area contributed by atoms with E-state index >= 15 is 0 Å². The van der Waals surface area contributed by atoms with Crippen molar-refractivity contribution in [1.29, 1.82) is 0 Å². The van der Waals surface area contributed by atoms with Crippen LogP contribution in [0.3, 0.4) is 0 Å². The fourth-order valence-corrected chi connectivity index (χ4v) is 3.56. The summed E-state index contributed by atoms with van der Waals surface area (Å²) < 4.78 is 62.5. The van der Waals surface area contributed by atoms with Gasteiger partial charge in [0.05, 0.1) is 27.7 Å². The highest BCUT2D eigenvalue weighted by Gasteiger charge is 2.32. The molecule has 1 atom stereocenters. The van der Waals surface area contributed by atoms with E-state index < -0.39 is 32.7 Å². The molecule has 0 aliphatic carbocycles. The van der Waals surface area contributed by atoms with E-state index in [0.29, 0.717) is 12.3 Å². The first-order valence-electron chi connectivity index (χ1n) is 7.31. The van der Waals surface area contributed by atoms with Crippen molar-refractivity contribution in [3.05, 3.63) is 58.9 Å². The van der Waals surface area contributed by atoms with Gasteiger partial charge in [0, 0.05) is 6.20 Å². The number of halogens is 4. The predicted octanol–water partition coefficient (Wildman–Crippen LogP) is 3.23. The van der Waals surface area contributed by atoms with Crippen molar-refractivity contribution in [2.45, 2.75) is 29.8 Å². The molecule has 1 unspecified atom stereocenters. The average molecular weight is 407 g/mol. The normalized spacial score (nSPS) is 13.3. The van der Waals surface area contributed by atoms with Gasteiger partial charge >= 0.3 is 6.18 Å². The molecule has 1 heterocycles. The minimum Gasteiger partial charge on any atom is -0.349 e. The van der Waals surface area contributed by atoms with Gasteiger partial charge in [-0.05, 0) is 25.1 Å². The zero-order valence-corrected chi connectivity index (χ0v) is 15.0. The average Bonchev–Trinajstić information content (AvgIpc) is 2.59. The largest absolute Gasteiger partial charge is 0.417 e. The van der Waals surface area contributed by atoms with Crippen LogP contribution < -0.4 is 5.32 Å². The second-order valence-corrected chi connectivity index (χ2v) is 8.04. The van der Waals surface area contributed by atoms with Crippen molar-refractivity contribution in [2.24, 2.45) is 0 Å². The zero-order chi connectivity index (χ0) is 19.5. The third-order valence-electron chi connectivity index (χ3n) is 3.58. The number of hydrogen-bond donors (Lipinski definition) is 1. The summed E-state index contributed by atoms with van der Waals surface area (Å²) in [7, 11) is -3.89. The Bertz CT molecular complexity index is 903. The number of nitrogens with zero attached hydrogens (tertiary/aromatic N) is 1. The quantitative estimate of drug-likeness (QED) is 0.827. The minimum absolute atomic E-state index is 0.00248. The number of benzene rings is 1. The van der Waals surface area contributed by atoms with Crippen LogP contribution in [0.4, 0.5) is 13.2 Å². The Balaban J connectivity index is 2.09. The summed E-state index contributed by atoms with van der Waals surface area (Å²) in [5.74, 6) is -0.813. The first-order valence-corrected chi connectivity index (χ1v) is 9.24. The molecule has 5 nitrogen and oxygen atoms in total. The zero-order valence-electron chi connectivity index (χ0n) is 13.4. The molecule has 0 fully saturated rings. The fraction of sp³-hybridized carbons (Fsp3) is 0.250. The molecular weight excluding hydrogens is 393 g/mol. The van der Waals surface area contributed by atoms with Gasteiger partial charge in [-0.15, -0.1) is 0 Å². The van der Waals surface area contributed by atoms with Crippen molar-refractivity contribution in [1.82, 2.24) is 10.3 Å². The number of nitrogens with one attached hydrogen (secondary N) is 1. The standard InChI is InChI=1S/C16H14ClF3N2O3S/c1-10(26(24,25)12-5-3-2-4-6-12)15(23)22-9-14-13(17)7-11(8-21-14)16(18,19)20/h2-8,10H,9H2,1H3,(H,22,23). The van der Waals surface area contributed by atoms with Crippen molar-refractivity contribution < 1.29 is 26.4 Å². The summed E-state index contributed by atoms with van der Waals surface area (Å²) in [4.78, 5) is 15.7. The van der Waals surface area contributed by atoms with Crippen LogP contribution in [0.5, 0.6) is 0 Å². The van der Waals surface area contributed by atoms with Gasteiger partial charge in [-0.1, -0.05) is 29.8 Å². The monoisotopic (exact) mass is 406 g/mol. The highest BCUT2D eigenvalue weighted by atomic mass is 35.5. The number of alkyl halides is 3. The Kier molecular flexibility index (Phi) is 5.92. The van der Waals surface area contributed by atoms with Crippen molar-refractivity contribution in [3.63, 3.8) is 0 Å². The number of amides is 1. The van der Waals surface area contributed by atoms with Crippen LogP contribution in [-0.2, 0) is 27.4 Å². The lowest BCUT2D eigenvalue weighted by molar-refractivity contribution is -0.137. The van der Waals surface area contributed by atoms with Gasteiger partial charge in [0.2, 0.25) is 5.91 Å². The first kappa shape index (κ1) is 20.2. The number of rotatable bonds is 5. The van der Waals surface area contributed by atoms with Crippen LogP contribution in [0.1, 0.15) is 18.2 Å². The van der Waals surface area contributed by atoms with E-state index in [2.05, 4.69) is 10.3 Å². The molecule has 0 bridgehead atoms. The maximum Gasteiger partial charge on any atom is 0.417 e. The first-order chi connectivity index (χ1) is 12.0. The van der Waals surface area contributed by atoms with E-state index in [1.54, 1.807) is 6.07 Å². The van der Waals surface area contributed by atoms with Crippen LogP contribution in [0.15, 0.2) is 47.5 Å². The smallest absolute Gasteiger partial charge is 0.349 e. The summed E-state index contributed by atoms with van der Waals surface area (Å²) in [5.41, 5.74) is -1.02.